The van der Waals surface area contributed by atoms with Crippen LogP contribution in [-0.2, 0) is 4.79 Å². The molecule has 112 valence electrons. The number of hydrogen-bond donors (Lipinski definition) is 2. The molecule has 4 nitrogen and oxygen atoms in total. The molecule has 2 rings (SSSR count). The Bertz CT molecular complexity index is 578. The number of carbonyl (C=O) groups is 1. The molecule has 21 heavy (non-hydrogen) atoms. The summed E-state index contributed by atoms with van der Waals surface area (Å²) in [6.07, 6.45) is 4.10. The third-order valence-corrected chi connectivity index (χ3v) is 4.04. The normalized spacial score (nSPS) is 16.0. The minimum absolute atomic E-state index is 0.0576. The van der Waals surface area contributed by atoms with E-state index in [0.29, 0.717) is 18.0 Å². The molecular formula is C17H22N2O2. The van der Waals surface area contributed by atoms with E-state index in [-0.39, 0.29) is 11.3 Å². The topological polar surface area (TPSA) is 64.3 Å². The fourth-order valence-electron chi connectivity index (χ4n) is 2.69. The molecule has 0 saturated heterocycles. The van der Waals surface area contributed by atoms with Gasteiger partial charge in [0.15, 0.2) is 0 Å². The number of benzene rings is 1. The molecule has 0 atom stereocenters. The van der Waals surface area contributed by atoms with E-state index < -0.39 is 0 Å². The van der Waals surface area contributed by atoms with Crippen LogP contribution in [0.4, 0.5) is 5.69 Å². The first-order valence-corrected chi connectivity index (χ1v) is 7.27. The third kappa shape index (κ3) is 3.56. The van der Waals surface area contributed by atoms with Crippen molar-refractivity contribution in [3.63, 3.8) is 0 Å². The van der Waals surface area contributed by atoms with Crippen molar-refractivity contribution in [2.24, 2.45) is 11.1 Å². The third-order valence-electron chi connectivity index (χ3n) is 4.04. The van der Waals surface area contributed by atoms with Crippen LogP contribution < -0.4 is 15.8 Å². The van der Waals surface area contributed by atoms with Crippen molar-refractivity contribution in [1.82, 2.24) is 0 Å². The molecule has 1 amide bonds. The number of carbonyl (C=O) groups excluding carboxylic acids is 1. The number of rotatable bonds is 3. The van der Waals surface area contributed by atoms with Gasteiger partial charge in [0.05, 0.1) is 19.3 Å². The van der Waals surface area contributed by atoms with Crippen LogP contribution in [-0.4, -0.2) is 19.6 Å². The molecule has 0 bridgehead atoms. The highest BCUT2D eigenvalue weighted by Gasteiger charge is 2.36. The maximum atomic E-state index is 12.5. The van der Waals surface area contributed by atoms with Gasteiger partial charge in [-0.05, 0) is 31.0 Å². The number of methoxy groups -OCH3 is 1. The number of ether oxygens (including phenoxy) is 1. The molecule has 0 aromatic heterocycles. The lowest BCUT2D eigenvalue weighted by atomic mass is 9.88. The Morgan fingerprint density at radius 1 is 1.43 bits per heavy atom. The van der Waals surface area contributed by atoms with Crippen molar-refractivity contribution in [3.05, 3.63) is 23.8 Å². The van der Waals surface area contributed by atoms with Gasteiger partial charge in [0.1, 0.15) is 5.75 Å². The summed E-state index contributed by atoms with van der Waals surface area (Å²) in [4.78, 5) is 12.5. The SMILES string of the molecule is COc1ccc(C#CCN)cc1NC(=O)C1(C)CCCC1. The first kappa shape index (κ1) is 15.4. The maximum absolute atomic E-state index is 12.5. The van der Waals surface area contributed by atoms with E-state index in [1.807, 2.05) is 25.1 Å². The lowest BCUT2D eigenvalue weighted by Gasteiger charge is -2.23. The quantitative estimate of drug-likeness (QED) is 0.839. The Hall–Kier alpha value is -1.99. The van der Waals surface area contributed by atoms with Crippen molar-refractivity contribution in [2.45, 2.75) is 32.6 Å². The van der Waals surface area contributed by atoms with Crippen molar-refractivity contribution in [2.75, 3.05) is 19.0 Å². The van der Waals surface area contributed by atoms with E-state index in [1.54, 1.807) is 7.11 Å². The van der Waals surface area contributed by atoms with Gasteiger partial charge < -0.3 is 15.8 Å². The van der Waals surface area contributed by atoms with Gasteiger partial charge in [-0.3, -0.25) is 4.79 Å². The summed E-state index contributed by atoms with van der Waals surface area (Å²) in [7, 11) is 1.59. The monoisotopic (exact) mass is 286 g/mol. The fourth-order valence-corrected chi connectivity index (χ4v) is 2.69. The molecule has 1 aromatic rings. The first-order valence-electron chi connectivity index (χ1n) is 7.27. The van der Waals surface area contributed by atoms with Gasteiger partial charge in [-0.15, -0.1) is 0 Å². The first-order chi connectivity index (χ1) is 10.1. The molecule has 1 saturated carbocycles. The molecule has 1 aromatic carbocycles. The molecule has 1 aliphatic rings. The maximum Gasteiger partial charge on any atom is 0.230 e. The van der Waals surface area contributed by atoms with Gasteiger partial charge in [0, 0.05) is 11.0 Å². The van der Waals surface area contributed by atoms with Crippen LogP contribution >= 0.6 is 0 Å². The molecule has 0 heterocycles. The number of nitrogens with one attached hydrogen (secondary N) is 1. The van der Waals surface area contributed by atoms with E-state index >= 15 is 0 Å². The second-order valence-corrected chi connectivity index (χ2v) is 5.64. The van der Waals surface area contributed by atoms with Gasteiger partial charge in [0.25, 0.3) is 0 Å². The fraction of sp³-hybridized carbons (Fsp3) is 0.471. The Kier molecular flexibility index (Phi) is 4.87. The van der Waals surface area contributed by atoms with Crippen molar-refractivity contribution in [3.8, 4) is 17.6 Å². The zero-order chi connectivity index (χ0) is 15.3. The minimum atomic E-state index is -0.274. The number of hydrogen-bond acceptors (Lipinski definition) is 3. The Balaban J connectivity index is 2.22. The largest absolute Gasteiger partial charge is 0.495 e. The standard InChI is InChI=1S/C17H22N2O2/c1-17(9-3-4-10-17)16(20)19-14-12-13(6-5-11-18)7-8-15(14)21-2/h7-8,12H,3-4,9-11,18H2,1-2H3,(H,19,20). The highest BCUT2D eigenvalue weighted by molar-refractivity contribution is 5.96. The van der Waals surface area contributed by atoms with Crippen molar-refractivity contribution < 1.29 is 9.53 Å². The Morgan fingerprint density at radius 2 is 2.14 bits per heavy atom. The van der Waals surface area contributed by atoms with Crippen LogP contribution in [0.15, 0.2) is 18.2 Å². The predicted octanol–water partition coefficient (Wildman–Crippen LogP) is 2.52. The second kappa shape index (κ2) is 6.64. The summed E-state index contributed by atoms with van der Waals surface area (Å²) >= 11 is 0. The number of nitrogens with two attached hydrogens (primary N) is 1. The molecule has 0 spiro atoms. The van der Waals surface area contributed by atoms with Crippen LogP contribution in [0.3, 0.4) is 0 Å². The molecule has 3 N–H and O–H groups in total. The van der Waals surface area contributed by atoms with Crippen LogP contribution in [0.2, 0.25) is 0 Å². The predicted molar refractivity (Wildman–Crippen MR) is 84.1 cm³/mol. The van der Waals surface area contributed by atoms with Crippen LogP contribution in [0.25, 0.3) is 0 Å². The zero-order valence-electron chi connectivity index (χ0n) is 12.7. The van der Waals surface area contributed by atoms with Gasteiger partial charge in [0.2, 0.25) is 5.91 Å². The lowest BCUT2D eigenvalue weighted by Crippen LogP contribution is -2.31. The lowest BCUT2D eigenvalue weighted by molar-refractivity contribution is -0.124. The van der Waals surface area contributed by atoms with Gasteiger partial charge >= 0.3 is 0 Å². The average Bonchev–Trinajstić information content (AvgIpc) is 2.93. The van der Waals surface area contributed by atoms with E-state index in [2.05, 4.69) is 17.2 Å². The summed E-state index contributed by atoms with van der Waals surface area (Å²) < 4.78 is 5.31. The number of amides is 1. The highest BCUT2D eigenvalue weighted by atomic mass is 16.5. The molecule has 1 aliphatic carbocycles. The Morgan fingerprint density at radius 3 is 2.76 bits per heavy atom. The van der Waals surface area contributed by atoms with Gasteiger partial charge in [-0.1, -0.05) is 31.6 Å². The van der Waals surface area contributed by atoms with E-state index in [0.717, 1.165) is 31.2 Å². The second-order valence-electron chi connectivity index (χ2n) is 5.64. The number of anilines is 1. The van der Waals surface area contributed by atoms with Crippen LogP contribution in [0, 0.1) is 17.3 Å². The van der Waals surface area contributed by atoms with Gasteiger partial charge in [-0.25, -0.2) is 0 Å². The van der Waals surface area contributed by atoms with E-state index in [4.69, 9.17) is 10.5 Å². The molecule has 0 radical (unpaired) electrons. The van der Waals surface area contributed by atoms with Gasteiger partial charge in [-0.2, -0.15) is 0 Å². The van der Waals surface area contributed by atoms with Crippen LogP contribution in [0.1, 0.15) is 38.2 Å². The molecular weight excluding hydrogens is 264 g/mol. The van der Waals surface area contributed by atoms with Crippen molar-refractivity contribution >= 4 is 11.6 Å². The summed E-state index contributed by atoms with van der Waals surface area (Å²) in [6, 6.07) is 5.50. The smallest absolute Gasteiger partial charge is 0.230 e. The molecule has 4 heteroatoms. The summed E-state index contributed by atoms with van der Waals surface area (Å²) in [5, 5.41) is 3.00. The van der Waals surface area contributed by atoms with E-state index in [9.17, 15) is 4.79 Å². The minimum Gasteiger partial charge on any atom is -0.495 e. The molecule has 0 unspecified atom stereocenters. The average molecular weight is 286 g/mol. The van der Waals surface area contributed by atoms with E-state index in [1.165, 1.54) is 0 Å². The molecule has 1 fully saturated rings. The summed E-state index contributed by atoms with van der Waals surface area (Å²) in [5.41, 5.74) is 6.59. The van der Waals surface area contributed by atoms with Crippen LogP contribution in [0.5, 0.6) is 5.75 Å². The zero-order valence-corrected chi connectivity index (χ0v) is 12.7. The Labute approximate surface area is 126 Å². The summed E-state index contributed by atoms with van der Waals surface area (Å²) in [5.74, 6) is 6.48. The highest BCUT2D eigenvalue weighted by Crippen LogP contribution is 2.39. The van der Waals surface area contributed by atoms with Crippen molar-refractivity contribution in [1.29, 1.82) is 0 Å². The molecule has 0 aliphatic heterocycles. The summed E-state index contributed by atoms with van der Waals surface area (Å²) in [6.45, 7) is 2.34.